The number of rotatable bonds is 6. The van der Waals surface area contributed by atoms with Crippen molar-refractivity contribution < 1.29 is 4.79 Å². The van der Waals surface area contributed by atoms with Crippen molar-refractivity contribution in [2.75, 3.05) is 12.3 Å². The summed E-state index contributed by atoms with van der Waals surface area (Å²) in [6.07, 6.45) is 2.61. The van der Waals surface area contributed by atoms with E-state index in [2.05, 4.69) is 6.07 Å². The second kappa shape index (κ2) is 6.46. The monoisotopic (exact) mass is 260 g/mol. The summed E-state index contributed by atoms with van der Waals surface area (Å²) in [5.41, 5.74) is 0. The maximum absolute atomic E-state index is 12.1. The van der Waals surface area contributed by atoms with E-state index in [0.29, 0.717) is 24.8 Å². The number of hydrogen-bond donors (Lipinski definition) is 0. The Labute approximate surface area is 112 Å². The van der Waals surface area contributed by atoms with Crippen LogP contribution in [-0.4, -0.2) is 29.1 Å². The molecule has 18 heavy (non-hydrogen) atoms. The molecule has 0 aromatic heterocycles. The van der Waals surface area contributed by atoms with Gasteiger partial charge in [0.25, 0.3) is 0 Å². The van der Waals surface area contributed by atoms with Gasteiger partial charge in [0.05, 0.1) is 18.2 Å². The highest BCUT2D eigenvalue weighted by Gasteiger charge is 2.31. The van der Waals surface area contributed by atoms with Gasteiger partial charge in [-0.15, -0.1) is 11.8 Å². The number of benzene rings is 1. The van der Waals surface area contributed by atoms with Gasteiger partial charge in [0, 0.05) is 17.5 Å². The summed E-state index contributed by atoms with van der Waals surface area (Å²) in [5, 5.41) is 8.61. The molecule has 1 aliphatic carbocycles. The number of amides is 1. The predicted octanol–water partition coefficient (Wildman–Crippen LogP) is 2.68. The van der Waals surface area contributed by atoms with Gasteiger partial charge in [0.1, 0.15) is 0 Å². The van der Waals surface area contributed by atoms with E-state index in [9.17, 15) is 4.79 Å². The molecule has 0 heterocycles. The van der Waals surface area contributed by atoms with Gasteiger partial charge in [0.15, 0.2) is 0 Å². The van der Waals surface area contributed by atoms with Gasteiger partial charge >= 0.3 is 0 Å². The minimum atomic E-state index is 0.154. The van der Waals surface area contributed by atoms with Crippen LogP contribution in [0.4, 0.5) is 0 Å². The minimum absolute atomic E-state index is 0.154. The number of carbonyl (C=O) groups excluding carboxylic acids is 1. The van der Waals surface area contributed by atoms with Crippen LogP contribution >= 0.6 is 11.8 Å². The molecule has 3 nitrogen and oxygen atoms in total. The number of carbonyl (C=O) groups is 1. The molecule has 1 aromatic carbocycles. The quantitative estimate of drug-likeness (QED) is 0.739. The summed E-state index contributed by atoms with van der Waals surface area (Å²) in [7, 11) is 0. The molecule has 2 rings (SSSR count). The fraction of sp³-hybridized carbons (Fsp3) is 0.429. The smallest absolute Gasteiger partial charge is 0.233 e. The van der Waals surface area contributed by atoms with Gasteiger partial charge in [-0.1, -0.05) is 18.2 Å². The van der Waals surface area contributed by atoms with Gasteiger partial charge in [-0.25, -0.2) is 0 Å². The first-order valence-corrected chi connectivity index (χ1v) is 7.14. The Kier molecular flexibility index (Phi) is 4.66. The number of thioether (sulfide) groups is 1. The first kappa shape index (κ1) is 13.0. The third-order valence-electron chi connectivity index (χ3n) is 2.88. The molecule has 1 fully saturated rings. The molecule has 1 aliphatic rings. The highest BCUT2D eigenvalue weighted by molar-refractivity contribution is 8.00. The fourth-order valence-electron chi connectivity index (χ4n) is 1.81. The lowest BCUT2D eigenvalue weighted by Gasteiger charge is -2.20. The zero-order valence-corrected chi connectivity index (χ0v) is 11.0. The highest BCUT2D eigenvalue weighted by atomic mass is 32.2. The summed E-state index contributed by atoms with van der Waals surface area (Å²) >= 11 is 1.56. The van der Waals surface area contributed by atoms with Gasteiger partial charge in [-0.2, -0.15) is 5.26 Å². The van der Waals surface area contributed by atoms with Crippen molar-refractivity contribution in [3.8, 4) is 6.07 Å². The molecule has 0 unspecified atom stereocenters. The van der Waals surface area contributed by atoms with Crippen LogP contribution in [0.2, 0.25) is 0 Å². The van der Waals surface area contributed by atoms with Gasteiger partial charge < -0.3 is 4.90 Å². The summed E-state index contributed by atoms with van der Waals surface area (Å²) < 4.78 is 0. The lowest BCUT2D eigenvalue weighted by Crippen LogP contribution is -2.35. The van der Waals surface area contributed by atoms with E-state index >= 15 is 0 Å². The summed E-state index contributed by atoms with van der Waals surface area (Å²) in [5.74, 6) is 0.618. The molecule has 0 bridgehead atoms. The zero-order valence-electron chi connectivity index (χ0n) is 10.2. The Bertz CT molecular complexity index is 437. The van der Waals surface area contributed by atoms with E-state index in [4.69, 9.17) is 5.26 Å². The van der Waals surface area contributed by atoms with Crippen LogP contribution in [0.15, 0.2) is 35.2 Å². The standard InChI is InChI=1S/C14H16N2OS/c15-9-4-10-16(12-7-8-12)14(17)11-18-13-5-2-1-3-6-13/h1-3,5-6,12H,4,7-8,10-11H2. The molecule has 0 saturated heterocycles. The molecular formula is C14H16N2OS. The molecule has 94 valence electrons. The highest BCUT2D eigenvalue weighted by Crippen LogP contribution is 2.28. The van der Waals surface area contributed by atoms with Crippen LogP contribution in [0.1, 0.15) is 19.3 Å². The summed E-state index contributed by atoms with van der Waals surface area (Å²) in [6.45, 7) is 0.579. The molecule has 0 N–H and O–H groups in total. The second-order valence-corrected chi connectivity index (χ2v) is 5.38. The molecule has 1 aromatic rings. The van der Waals surface area contributed by atoms with E-state index in [1.54, 1.807) is 11.8 Å². The van der Waals surface area contributed by atoms with Crippen LogP contribution in [0.5, 0.6) is 0 Å². The molecule has 0 radical (unpaired) electrons. The van der Waals surface area contributed by atoms with Gasteiger partial charge in [-0.3, -0.25) is 4.79 Å². The number of hydrogen-bond acceptors (Lipinski definition) is 3. The van der Waals surface area contributed by atoms with Crippen LogP contribution in [0, 0.1) is 11.3 Å². The normalized spacial score (nSPS) is 13.9. The van der Waals surface area contributed by atoms with Crippen molar-refractivity contribution in [2.45, 2.75) is 30.2 Å². The average molecular weight is 260 g/mol. The van der Waals surface area contributed by atoms with Crippen molar-refractivity contribution in [2.24, 2.45) is 0 Å². The largest absolute Gasteiger partial charge is 0.338 e. The topological polar surface area (TPSA) is 44.1 Å². The SMILES string of the molecule is N#CCCN(C(=O)CSc1ccccc1)C1CC1. The molecule has 0 aliphatic heterocycles. The average Bonchev–Trinajstić information content (AvgIpc) is 3.22. The summed E-state index contributed by atoms with van der Waals surface area (Å²) in [4.78, 5) is 15.1. The first-order valence-electron chi connectivity index (χ1n) is 6.15. The molecule has 4 heteroatoms. The molecule has 1 saturated carbocycles. The van der Waals surface area contributed by atoms with Crippen molar-refractivity contribution in [3.05, 3.63) is 30.3 Å². The summed E-state index contributed by atoms with van der Waals surface area (Å²) in [6, 6.07) is 12.4. The van der Waals surface area contributed by atoms with Gasteiger partial charge in [0.2, 0.25) is 5.91 Å². The van der Waals surface area contributed by atoms with Crippen LogP contribution in [-0.2, 0) is 4.79 Å². The van der Waals surface area contributed by atoms with Crippen LogP contribution < -0.4 is 0 Å². The minimum Gasteiger partial charge on any atom is -0.338 e. The maximum atomic E-state index is 12.1. The third-order valence-corrected chi connectivity index (χ3v) is 3.87. The predicted molar refractivity (Wildman–Crippen MR) is 72.1 cm³/mol. The Balaban J connectivity index is 1.84. The van der Waals surface area contributed by atoms with E-state index < -0.39 is 0 Å². The Morgan fingerprint density at radius 3 is 2.72 bits per heavy atom. The van der Waals surface area contributed by atoms with Crippen molar-refractivity contribution >= 4 is 17.7 Å². The van der Waals surface area contributed by atoms with Crippen molar-refractivity contribution in [1.29, 1.82) is 5.26 Å². The van der Waals surface area contributed by atoms with Crippen molar-refractivity contribution in [3.63, 3.8) is 0 Å². The van der Waals surface area contributed by atoms with Crippen molar-refractivity contribution in [1.82, 2.24) is 4.90 Å². The van der Waals surface area contributed by atoms with E-state index in [1.165, 1.54) is 0 Å². The van der Waals surface area contributed by atoms with E-state index in [1.807, 2.05) is 35.2 Å². The van der Waals surface area contributed by atoms with E-state index in [0.717, 1.165) is 17.7 Å². The second-order valence-electron chi connectivity index (χ2n) is 4.33. The third kappa shape index (κ3) is 3.78. The maximum Gasteiger partial charge on any atom is 0.233 e. The molecule has 1 amide bonds. The van der Waals surface area contributed by atoms with Crippen LogP contribution in [0.25, 0.3) is 0 Å². The first-order chi connectivity index (χ1) is 8.81. The molecular weight excluding hydrogens is 244 g/mol. The molecule has 0 spiro atoms. The zero-order chi connectivity index (χ0) is 12.8. The lowest BCUT2D eigenvalue weighted by atomic mass is 10.4. The number of nitrogens with zero attached hydrogens (tertiary/aromatic N) is 2. The van der Waals surface area contributed by atoms with Crippen LogP contribution in [0.3, 0.4) is 0 Å². The Morgan fingerprint density at radius 2 is 2.11 bits per heavy atom. The Hall–Kier alpha value is -1.47. The van der Waals surface area contributed by atoms with E-state index in [-0.39, 0.29) is 5.91 Å². The fourth-order valence-corrected chi connectivity index (χ4v) is 2.62. The lowest BCUT2D eigenvalue weighted by molar-refractivity contribution is -0.128. The van der Waals surface area contributed by atoms with Gasteiger partial charge in [-0.05, 0) is 25.0 Å². The molecule has 0 atom stereocenters. The Morgan fingerprint density at radius 1 is 1.39 bits per heavy atom. The number of nitriles is 1.